The molecular weight excluding hydrogens is 390 g/mol. The van der Waals surface area contributed by atoms with E-state index >= 15 is 0 Å². The van der Waals surface area contributed by atoms with Crippen LogP contribution in [0.5, 0.6) is 0 Å². The van der Waals surface area contributed by atoms with Crippen LogP contribution in [0.3, 0.4) is 0 Å². The summed E-state index contributed by atoms with van der Waals surface area (Å²) in [6, 6.07) is 19.1. The fourth-order valence-electron chi connectivity index (χ4n) is 2.93. The smallest absolute Gasteiger partial charge is 0.254 e. The van der Waals surface area contributed by atoms with Crippen LogP contribution in [-0.2, 0) is 6.54 Å². The van der Waals surface area contributed by atoms with E-state index in [1.807, 2.05) is 48.5 Å². The van der Waals surface area contributed by atoms with Gasteiger partial charge in [-0.15, -0.1) is 0 Å². The van der Waals surface area contributed by atoms with Crippen molar-refractivity contribution in [2.24, 2.45) is 0 Å². The van der Waals surface area contributed by atoms with Crippen molar-refractivity contribution in [3.05, 3.63) is 77.9 Å². The predicted molar refractivity (Wildman–Crippen MR) is 108 cm³/mol. The van der Waals surface area contributed by atoms with E-state index in [4.69, 9.17) is 16.1 Å². The number of anilines is 1. The van der Waals surface area contributed by atoms with Crippen LogP contribution in [0, 0.1) is 0 Å². The number of rotatable bonds is 5. The maximum Gasteiger partial charge on any atom is 0.254 e. The van der Waals surface area contributed by atoms with E-state index in [0.717, 1.165) is 16.8 Å². The molecule has 3 aromatic heterocycles. The van der Waals surface area contributed by atoms with Crippen molar-refractivity contribution in [2.75, 3.05) is 5.32 Å². The van der Waals surface area contributed by atoms with Gasteiger partial charge in [-0.1, -0.05) is 59.2 Å². The minimum atomic E-state index is 0.320. The fraction of sp³-hybridized carbons (Fsp3) is 0.0500. The highest BCUT2D eigenvalue weighted by Gasteiger charge is 2.12. The van der Waals surface area contributed by atoms with Crippen LogP contribution in [0.2, 0.25) is 5.02 Å². The monoisotopic (exact) mass is 403 g/mol. The molecule has 5 rings (SSSR count). The summed E-state index contributed by atoms with van der Waals surface area (Å²) in [5.74, 6) is 2.13. The van der Waals surface area contributed by atoms with Gasteiger partial charge in [-0.3, -0.25) is 0 Å². The van der Waals surface area contributed by atoms with Crippen LogP contribution in [0.1, 0.15) is 5.89 Å². The third-order valence-electron chi connectivity index (χ3n) is 4.29. The highest BCUT2D eigenvalue weighted by molar-refractivity contribution is 6.30. The SMILES string of the molecule is Clc1cccc(-c2noc(CNc3cc(-c4ccccc4)nc4ncnn34)n2)c1. The molecule has 142 valence electrons. The number of nitrogens with one attached hydrogen (secondary N) is 1. The second kappa shape index (κ2) is 7.33. The number of hydrogen-bond acceptors (Lipinski definition) is 7. The number of nitrogens with zero attached hydrogens (tertiary/aromatic N) is 6. The maximum atomic E-state index is 6.03. The number of aromatic nitrogens is 6. The molecule has 0 saturated carbocycles. The molecular formula is C20H14ClN7O. The van der Waals surface area contributed by atoms with Gasteiger partial charge in [0.05, 0.1) is 12.2 Å². The van der Waals surface area contributed by atoms with E-state index in [9.17, 15) is 0 Å². The lowest BCUT2D eigenvalue weighted by molar-refractivity contribution is 0.384. The van der Waals surface area contributed by atoms with E-state index in [1.165, 1.54) is 6.33 Å². The van der Waals surface area contributed by atoms with Gasteiger partial charge in [0, 0.05) is 22.2 Å². The molecule has 8 nitrogen and oxygen atoms in total. The minimum absolute atomic E-state index is 0.320. The molecule has 3 heterocycles. The van der Waals surface area contributed by atoms with E-state index in [2.05, 4.69) is 30.5 Å². The van der Waals surface area contributed by atoms with Crippen molar-refractivity contribution in [3.63, 3.8) is 0 Å². The van der Waals surface area contributed by atoms with Gasteiger partial charge >= 0.3 is 0 Å². The normalized spacial score (nSPS) is 11.1. The van der Waals surface area contributed by atoms with Gasteiger partial charge in [-0.2, -0.15) is 19.6 Å². The lowest BCUT2D eigenvalue weighted by Crippen LogP contribution is -2.07. The summed E-state index contributed by atoms with van der Waals surface area (Å²) in [5, 5.41) is 12.1. The minimum Gasteiger partial charge on any atom is -0.361 e. The number of hydrogen-bond donors (Lipinski definition) is 1. The first-order valence-corrected chi connectivity index (χ1v) is 9.23. The van der Waals surface area contributed by atoms with Gasteiger partial charge in [0.2, 0.25) is 11.7 Å². The van der Waals surface area contributed by atoms with Gasteiger partial charge < -0.3 is 9.84 Å². The van der Waals surface area contributed by atoms with Gasteiger partial charge in [-0.25, -0.2) is 4.98 Å². The predicted octanol–water partition coefficient (Wildman–Crippen LogP) is 4.11. The Kier molecular flexibility index (Phi) is 4.38. The molecule has 0 aliphatic heterocycles. The molecule has 0 unspecified atom stereocenters. The molecule has 0 fully saturated rings. The zero-order valence-electron chi connectivity index (χ0n) is 15.0. The highest BCUT2D eigenvalue weighted by Crippen LogP contribution is 2.23. The summed E-state index contributed by atoms with van der Waals surface area (Å²) < 4.78 is 6.99. The summed E-state index contributed by atoms with van der Waals surface area (Å²) in [6.07, 6.45) is 1.46. The molecule has 0 saturated heterocycles. The molecule has 0 bridgehead atoms. The van der Waals surface area contributed by atoms with Crippen LogP contribution in [0.25, 0.3) is 28.4 Å². The highest BCUT2D eigenvalue weighted by atomic mass is 35.5. The van der Waals surface area contributed by atoms with Crippen LogP contribution < -0.4 is 5.32 Å². The molecule has 9 heteroatoms. The van der Waals surface area contributed by atoms with Crippen molar-refractivity contribution in [3.8, 4) is 22.6 Å². The number of benzene rings is 2. The third-order valence-corrected chi connectivity index (χ3v) is 4.53. The van der Waals surface area contributed by atoms with Gasteiger partial charge in [0.15, 0.2) is 0 Å². The summed E-state index contributed by atoms with van der Waals surface area (Å²) in [4.78, 5) is 13.2. The van der Waals surface area contributed by atoms with Crippen LogP contribution in [0.4, 0.5) is 5.82 Å². The lowest BCUT2D eigenvalue weighted by Gasteiger charge is -2.08. The molecule has 0 radical (unpaired) electrons. The number of halogens is 1. The zero-order chi connectivity index (χ0) is 19.6. The Morgan fingerprint density at radius 2 is 1.83 bits per heavy atom. The maximum absolute atomic E-state index is 6.03. The third kappa shape index (κ3) is 3.53. The van der Waals surface area contributed by atoms with Crippen molar-refractivity contribution < 1.29 is 4.52 Å². The average molecular weight is 404 g/mol. The molecule has 0 atom stereocenters. The second-order valence-corrected chi connectivity index (χ2v) is 6.68. The van der Waals surface area contributed by atoms with Crippen molar-refractivity contribution in [2.45, 2.75) is 6.54 Å². The Balaban J connectivity index is 1.42. The van der Waals surface area contributed by atoms with Crippen molar-refractivity contribution in [1.29, 1.82) is 0 Å². The summed E-state index contributed by atoms with van der Waals surface area (Å²) in [6.45, 7) is 0.320. The number of fused-ring (bicyclic) bond motifs is 1. The largest absolute Gasteiger partial charge is 0.361 e. The first-order chi connectivity index (χ1) is 14.3. The Morgan fingerprint density at radius 3 is 2.69 bits per heavy atom. The lowest BCUT2D eigenvalue weighted by atomic mass is 10.1. The van der Waals surface area contributed by atoms with Crippen molar-refractivity contribution >= 4 is 23.2 Å². The quantitative estimate of drug-likeness (QED) is 0.472. The van der Waals surface area contributed by atoms with E-state index in [0.29, 0.717) is 34.9 Å². The van der Waals surface area contributed by atoms with E-state index in [-0.39, 0.29) is 0 Å². The molecule has 29 heavy (non-hydrogen) atoms. The fourth-order valence-corrected chi connectivity index (χ4v) is 3.12. The van der Waals surface area contributed by atoms with Crippen molar-refractivity contribution in [1.82, 2.24) is 29.7 Å². The Hall–Kier alpha value is -3.78. The molecule has 2 aromatic carbocycles. The Bertz CT molecular complexity index is 1280. The Labute approximate surface area is 170 Å². The van der Waals surface area contributed by atoms with Crippen LogP contribution >= 0.6 is 11.6 Å². The average Bonchev–Trinajstić information content (AvgIpc) is 3.42. The molecule has 1 N–H and O–H groups in total. The summed E-state index contributed by atoms with van der Waals surface area (Å²) >= 11 is 6.03. The van der Waals surface area contributed by atoms with Crippen LogP contribution in [0.15, 0.2) is 71.5 Å². The van der Waals surface area contributed by atoms with Gasteiger partial charge in [0.25, 0.3) is 5.78 Å². The topological polar surface area (TPSA) is 94.0 Å². The van der Waals surface area contributed by atoms with Crippen LogP contribution in [-0.4, -0.2) is 29.7 Å². The van der Waals surface area contributed by atoms with E-state index in [1.54, 1.807) is 16.6 Å². The molecule has 0 amide bonds. The first kappa shape index (κ1) is 17.3. The van der Waals surface area contributed by atoms with Gasteiger partial charge in [0.1, 0.15) is 12.1 Å². The first-order valence-electron chi connectivity index (χ1n) is 8.85. The zero-order valence-corrected chi connectivity index (χ0v) is 15.8. The molecule has 0 aliphatic carbocycles. The summed E-state index contributed by atoms with van der Waals surface area (Å²) in [7, 11) is 0. The standard InChI is InChI=1S/C20H14ClN7O/c21-15-8-4-7-14(9-15)19-26-18(29-27-19)11-22-17-10-16(13-5-2-1-3-6-13)25-20-23-12-24-28(17)20/h1-10,12,22H,11H2. The second-order valence-electron chi connectivity index (χ2n) is 6.24. The molecule has 0 aliphatic rings. The Morgan fingerprint density at radius 1 is 0.966 bits per heavy atom. The van der Waals surface area contributed by atoms with E-state index < -0.39 is 0 Å². The molecule has 0 spiro atoms. The summed E-state index contributed by atoms with van der Waals surface area (Å²) in [5.41, 5.74) is 2.57. The molecule has 5 aromatic rings. The van der Waals surface area contributed by atoms with Gasteiger partial charge in [-0.05, 0) is 12.1 Å².